The standard InChI is InChI=1S/C14H22N2O.2C2H6/c1-16(2)8-9-17-12-6-7-13-11(10-12)4-3-5-14(13)15;2*1-2/h6-7,10,14H,3-5,8-9,15H2,1-2H3;2*1-2H3. The van der Waals surface area contributed by atoms with Crippen LogP contribution in [0.15, 0.2) is 18.2 Å². The van der Waals surface area contributed by atoms with Gasteiger partial charge in [-0.2, -0.15) is 0 Å². The van der Waals surface area contributed by atoms with E-state index in [0.717, 1.165) is 31.7 Å². The predicted octanol–water partition coefficient (Wildman–Crippen LogP) is 4.02. The number of likely N-dealkylation sites (N-methyl/N-ethyl adjacent to an activating group) is 1. The zero-order valence-electron chi connectivity index (χ0n) is 14.8. The Morgan fingerprint density at radius 2 is 1.86 bits per heavy atom. The molecule has 1 aliphatic rings. The van der Waals surface area contributed by atoms with E-state index in [1.54, 1.807) is 0 Å². The fourth-order valence-corrected chi connectivity index (χ4v) is 2.26. The lowest BCUT2D eigenvalue weighted by Crippen LogP contribution is -2.20. The van der Waals surface area contributed by atoms with E-state index in [4.69, 9.17) is 10.5 Å². The Hall–Kier alpha value is -1.06. The Morgan fingerprint density at radius 3 is 2.48 bits per heavy atom. The summed E-state index contributed by atoms with van der Waals surface area (Å²) < 4.78 is 5.74. The van der Waals surface area contributed by atoms with Crippen molar-refractivity contribution in [3.63, 3.8) is 0 Å². The first-order chi connectivity index (χ1) is 10.2. The van der Waals surface area contributed by atoms with Gasteiger partial charge >= 0.3 is 0 Å². The predicted molar refractivity (Wildman–Crippen MR) is 93.1 cm³/mol. The Bertz CT molecular complexity index is 377. The van der Waals surface area contributed by atoms with Gasteiger partial charge in [0.1, 0.15) is 12.4 Å². The van der Waals surface area contributed by atoms with E-state index in [9.17, 15) is 0 Å². The molecule has 0 amide bonds. The third-order valence-electron chi connectivity index (χ3n) is 3.28. The van der Waals surface area contributed by atoms with Crippen molar-refractivity contribution in [3.8, 4) is 5.75 Å². The molecule has 0 heterocycles. The van der Waals surface area contributed by atoms with Crippen molar-refractivity contribution in [2.45, 2.75) is 53.0 Å². The van der Waals surface area contributed by atoms with Crippen LogP contribution in [0.2, 0.25) is 0 Å². The molecule has 0 aromatic heterocycles. The summed E-state index contributed by atoms with van der Waals surface area (Å²) in [6.07, 6.45) is 3.43. The van der Waals surface area contributed by atoms with Gasteiger partial charge < -0.3 is 15.4 Å². The quantitative estimate of drug-likeness (QED) is 0.911. The van der Waals surface area contributed by atoms with Crippen molar-refractivity contribution in [2.24, 2.45) is 5.73 Å². The van der Waals surface area contributed by atoms with E-state index in [2.05, 4.69) is 31.1 Å². The summed E-state index contributed by atoms with van der Waals surface area (Å²) in [5.41, 5.74) is 8.76. The summed E-state index contributed by atoms with van der Waals surface area (Å²) >= 11 is 0. The van der Waals surface area contributed by atoms with Gasteiger partial charge in [-0.15, -0.1) is 0 Å². The van der Waals surface area contributed by atoms with Gasteiger partial charge in [-0.25, -0.2) is 0 Å². The molecule has 0 bridgehead atoms. The Labute approximate surface area is 131 Å². The van der Waals surface area contributed by atoms with Gasteiger partial charge in [0.25, 0.3) is 0 Å². The van der Waals surface area contributed by atoms with E-state index in [0.29, 0.717) is 0 Å². The molecule has 0 saturated carbocycles. The maximum absolute atomic E-state index is 6.09. The first-order valence-electron chi connectivity index (χ1n) is 8.33. The Morgan fingerprint density at radius 1 is 1.19 bits per heavy atom. The molecule has 21 heavy (non-hydrogen) atoms. The van der Waals surface area contributed by atoms with Gasteiger partial charge in [0.15, 0.2) is 0 Å². The highest BCUT2D eigenvalue weighted by Crippen LogP contribution is 2.30. The van der Waals surface area contributed by atoms with Crippen LogP contribution in [0, 0.1) is 0 Å². The summed E-state index contributed by atoms with van der Waals surface area (Å²) in [5.74, 6) is 0.972. The van der Waals surface area contributed by atoms with Crippen LogP contribution in [0.25, 0.3) is 0 Å². The van der Waals surface area contributed by atoms with Crippen LogP contribution in [0.5, 0.6) is 5.75 Å². The number of nitrogens with zero attached hydrogens (tertiary/aromatic N) is 1. The topological polar surface area (TPSA) is 38.5 Å². The highest BCUT2D eigenvalue weighted by atomic mass is 16.5. The van der Waals surface area contributed by atoms with Crippen LogP contribution in [-0.2, 0) is 6.42 Å². The highest BCUT2D eigenvalue weighted by Gasteiger charge is 2.16. The van der Waals surface area contributed by atoms with Gasteiger partial charge in [-0.3, -0.25) is 0 Å². The van der Waals surface area contributed by atoms with Crippen molar-refractivity contribution in [2.75, 3.05) is 27.2 Å². The number of hydrogen-bond donors (Lipinski definition) is 1. The van der Waals surface area contributed by atoms with E-state index < -0.39 is 0 Å². The minimum absolute atomic E-state index is 0.217. The molecule has 3 heteroatoms. The van der Waals surface area contributed by atoms with Gasteiger partial charge in [-0.1, -0.05) is 33.8 Å². The molecular weight excluding hydrogens is 260 g/mol. The summed E-state index contributed by atoms with van der Waals surface area (Å²) in [4.78, 5) is 2.12. The summed E-state index contributed by atoms with van der Waals surface area (Å²) in [6.45, 7) is 9.68. The monoisotopic (exact) mass is 294 g/mol. The molecule has 0 saturated heterocycles. The zero-order chi connectivity index (χ0) is 16.3. The number of ether oxygens (including phenoxy) is 1. The van der Waals surface area contributed by atoms with E-state index in [1.807, 2.05) is 33.8 Å². The van der Waals surface area contributed by atoms with Crippen LogP contribution < -0.4 is 10.5 Å². The van der Waals surface area contributed by atoms with Crippen LogP contribution in [0.1, 0.15) is 57.7 Å². The second kappa shape index (κ2) is 11.6. The molecule has 2 N–H and O–H groups in total. The second-order valence-corrected chi connectivity index (χ2v) is 5.01. The van der Waals surface area contributed by atoms with Crippen molar-refractivity contribution in [3.05, 3.63) is 29.3 Å². The maximum atomic E-state index is 6.09. The van der Waals surface area contributed by atoms with Gasteiger partial charge in [-0.05, 0) is 56.6 Å². The average Bonchev–Trinajstić information content (AvgIpc) is 2.51. The molecular formula is C18H34N2O. The molecule has 0 fully saturated rings. The lowest BCUT2D eigenvalue weighted by molar-refractivity contribution is 0.261. The smallest absolute Gasteiger partial charge is 0.119 e. The molecule has 1 aliphatic carbocycles. The molecule has 1 unspecified atom stereocenters. The Balaban J connectivity index is 0.000000921. The first kappa shape index (κ1) is 19.9. The highest BCUT2D eigenvalue weighted by molar-refractivity contribution is 5.38. The lowest BCUT2D eigenvalue weighted by Gasteiger charge is -2.22. The number of benzene rings is 1. The fourth-order valence-electron chi connectivity index (χ4n) is 2.26. The Kier molecular flexibility index (Phi) is 11.0. The van der Waals surface area contributed by atoms with Crippen LogP contribution in [0.4, 0.5) is 0 Å². The minimum Gasteiger partial charge on any atom is -0.492 e. The van der Waals surface area contributed by atoms with Gasteiger partial charge in [0.2, 0.25) is 0 Å². The van der Waals surface area contributed by atoms with Crippen molar-refractivity contribution >= 4 is 0 Å². The SMILES string of the molecule is CC.CC.CN(C)CCOc1ccc2c(c1)CCCC2N. The number of hydrogen-bond acceptors (Lipinski definition) is 3. The molecule has 0 aliphatic heterocycles. The maximum Gasteiger partial charge on any atom is 0.119 e. The molecule has 0 spiro atoms. The van der Waals surface area contributed by atoms with E-state index >= 15 is 0 Å². The van der Waals surface area contributed by atoms with Crippen molar-refractivity contribution in [1.82, 2.24) is 4.90 Å². The van der Waals surface area contributed by atoms with Crippen LogP contribution in [0.3, 0.4) is 0 Å². The third kappa shape index (κ3) is 6.96. The zero-order valence-corrected chi connectivity index (χ0v) is 14.8. The molecule has 2 rings (SSSR count). The summed E-state index contributed by atoms with van der Waals surface area (Å²) in [7, 11) is 4.10. The van der Waals surface area contributed by atoms with Gasteiger partial charge in [0.05, 0.1) is 0 Å². The normalized spacial score (nSPS) is 16.1. The molecule has 1 aromatic rings. The fraction of sp³-hybridized carbons (Fsp3) is 0.667. The van der Waals surface area contributed by atoms with Crippen molar-refractivity contribution in [1.29, 1.82) is 0 Å². The number of aryl methyl sites for hydroxylation is 1. The number of rotatable bonds is 4. The van der Waals surface area contributed by atoms with Crippen LogP contribution in [-0.4, -0.2) is 32.1 Å². The second-order valence-electron chi connectivity index (χ2n) is 5.01. The van der Waals surface area contributed by atoms with E-state index in [-0.39, 0.29) is 6.04 Å². The number of nitrogens with two attached hydrogens (primary N) is 1. The average molecular weight is 294 g/mol. The molecule has 1 aromatic carbocycles. The summed E-state index contributed by atoms with van der Waals surface area (Å²) in [6, 6.07) is 6.54. The third-order valence-corrected chi connectivity index (χ3v) is 3.28. The first-order valence-corrected chi connectivity index (χ1v) is 8.33. The van der Waals surface area contributed by atoms with E-state index in [1.165, 1.54) is 17.5 Å². The largest absolute Gasteiger partial charge is 0.492 e. The van der Waals surface area contributed by atoms with Crippen LogP contribution >= 0.6 is 0 Å². The molecule has 0 radical (unpaired) electrons. The lowest BCUT2D eigenvalue weighted by atomic mass is 9.88. The minimum atomic E-state index is 0.217. The molecule has 122 valence electrons. The molecule has 1 atom stereocenters. The summed E-state index contributed by atoms with van der Waals surface area (Å²) in [5, 5.41) is 0. The van der Waals surface area contributed by atoms with Crippen molar-refractivity contribution < 1.29 is 4.74 Å². The van der Waals surface area contributed by atoms with Gasteiger partial charge in [0, 0.05) is 12.6 Å². The number of fused-ring (bicyclic) bond motifs is 1. The molecule has 3 nitrogen and oxygen atoms in total.